The molecule has 5 aliphatic carbocycles. The third kappa shape index (κ3) is 4.00. The number of hydrogen-bond acceptors (Lipinski definition) is 0. The van der Waals surface area contributed by atoms with Crippen LogP contribution in [-0.4, -0.2) is 0 Å². The first-order valence-corrected chi connectivity index (χ1v) is 22.4. The summed E-state index contributed by atoms with van der Waals surface area (Å²) < 4.78 is 0. The van der Waals surface area contributed by atoms with Crippen LogP contribution in [0.25, 0.3) is 77.9 Å². The summed E-state index contributed by atoms with van der Waals surface area (Å²) >= 11 is 0. The van der Waals surface area contributed by atoms with Crippen molar-refractivity contribution < 1.29 is 0 Å². The van der Waals surface area contributed by atoms with Gasteiger partial charge >= 0.3 is 0 Å². The van der Waals surface area contributed by atoms with Crippen LogP contribution in [0, 0.1) is 0 Å². The highest BCUT2D eigenvalue weighted by atomic mass is 14.5. The highest BCUT2D eigenvalue weighted by Crippen LogP contribution is 2.65. The predicted molar refractivity (Wildman–Crippen MR) is 258 cm³/mol. The second kappa shape index (κ2) is 12.0. The predicted octanol–water partition coefficient (Wildman–Crippen LogP) is 15.3. The Morgan fingerprint density at radius 2 is 0.460 bits per heavy atom. The molecule has 0 aliphatic heterocycles. The van der Waals surface area contributed by atoms with Crippen molar-refractivity contribution in [2.75, 3.05) is 0 Å². The Morgan fingerprint density at radius 3 is 0.794 bits per heavy atom. The third-order valence-corrected chi connectivity index (χ3v) is 15.6. The van der Waals surface area contributed by atoms with Gasteiger partial charge in [-0.1, -0.05) is 206 Å². The fourth-order valence-corrected chi connectivity index (χ4v) is 13.3. The van der Waals surface area contributed by atoms with Gasteiger partial charge < -0.3 is 0 Å². The maximum absolute atomic E-state index is 2.50. The Morgan fingerprint density at radius 1 is 0.206 bits per heavy atom. The van der Waals surface area contributed by atoms with Crippen molar-refractivity contribution in [1.29, 1.82) is 0 Å². The molecule has 0 nitrogen and oxygen atoms in total. The van der Waals surface area contributed by atoms with Gasteiger partial charge in [-0.3, -0.25) is 0 Å². The molecule has 0 N–H and O–H groups in total. The lowest BCUT2D eigenvalue weighted by Crippen LogP contribution is -2.25. The Balaban J connectivity index is 0.866. The van der Waals surface area contributed by atoms with Crippen LogP contribution in [0.15, 0.2) is 218 Å². The molecule has 0 saturated heterocycles. The average molecular weight is 795 g/mol. The smallest absolute Gasteiger partial charge is 0.0619 e. The molecule has 2 spiro atoms. The first kappa shape index (κ1) is 33.9. The summed E-state index contributed by atoms with van der Waals surface area (Å²) in [6.45, 7) is 0. The van der Waals surface area contributed by atoms with Gasteiger partial charge in [0.25, 0.3) is 0 Å². The van der Waals surface area contributed by atoms with Gasteiger partial charge in [0.05, 0.1) is 10.8 Å². The van der Waals surface area contributed by atoms with Crippen molar-refractivity contribution in [2.24, 2.45) is 0 Å². The summed E-state index contributed by atoms with van der Waals surface area (Å²) in [7, 11) is 0. The van der Waals surface area contributed by atoms with E-state index in [0.29, 0.717) is 0 Å². The van der Waals surface area contributed by atoms with Gasteiger partial charge in [0.1, 0.15) is 0 Å². The zero-order valence-electron chi connectivity index (χ0n) is 34.5. The van der Waals surface area contributed by atoms with Gasteiger partial charge in [0, 0.05) is 0 Å². The number of fused-ring (bicyclic) bond motifs is 23. The molecule has 10 aromatic carbocycles. The molecule has 15 rings (SSSR count). The fraction of sp³-hybridized carbons (Fsp3) is 0.0476. The molecule has 63 heavy (non-hydrogen) atoms. The van der Waals surface area contributed by atoms with E-state index in [-0.39, 0.29) is 10.8 Å². The van der Waals surface area contributed by atoms with Gasteiger partial charge in [-0.15, -0.1) is 0 Å². The highest BCUT2D eigenvalue weighted by molar-refractivity contribution is 5.99. The molecule has 0 heterocycles. The zero-order chi connectivity index (χ0) is 41.0. The minimum Gasteiger partial charge on any atom is -0.0619 e. The van der Waals surface area contributed by atoms with E-state index in [0.717, 1.165) is 6.42 Å². The SMILES string of the molecule is c1ccc2c(c1)-c1ccccc1C21c2ccccc2-c2cc(-c3cccc4c3Cc3c(-c5ccc6c(c5)-c5ccccc5C65c6ccccc6-c6ccccc65)cccc3-4)ccc21. The standard InChI is InChI=1S/C63H38/c1-7-25-54-44(15-1)45-16-2-8-26-55(45)62(54)58-29-11-5-19-48(58)52-35-38(31-33-60(52)62)40-21-13-23-42-43-24-14-22-41(51(43)37-50(40)42)39-32-34-61-53(36-39)49-20-6-12-30-59(49)63(61)56-27-9-3-17-46(56)47-18-4-10-28-57(47)63/h1-36H,37H2. The van der Waals surface area contributed by atoms with Crippen molar-refractivity contribution in [1.82, 2.24) is 0 Å². The van der Waals surface area contributed by atoms with Crippen LogP contribution < -0.4 is 0 Å². The lowest BCUT2D eigenvalue weighted by Gasteiger charge is -2.30. The largest absolute Gasteiger partial charge is 0.0725 e. The molecule has 10 aromatic rings. The van der Waals surface area contributed by atoms with Crippen LogP contribution in [0.5, 0.6) is 0 Å². The van der Waals surface area contributed by atoms with Gasteiger partial charge in [-0.25, -0.2) is 0 Å². The molecule has 0 heteroatoms. The van der Waals surface area contributed by atoms with Gasteiger partial charge in [-0.05, 0) is 152 Å². The second-order valence-corrected chi connectivity index (χ2v) is 18.1. The second-order valence-electron chi connectivity index (χ2n) is 18.1. The number of benzene rings is 10. The summed E-state index contributed by atoms with van der Waals surface area (Å²) in [5.41, 5.74) is 31.9. The third-order valence-electron chi connectivity index (χ3n) is 15.6. The molecule has 0 saturated carbocycles. The molecular formula is C63H38. The van der Waals surface area contributed by atoms with E-state index < -0.39 is 0 Å². The summed E-state index contributed by atoms with van der Waals surface area (Å²) in [4.78, 5) is 0. The molecule has 0 amide bonds. The average Bonchev–Trinajstić information content (AvgIpc) is 4.12. The minimum atomic E-state index is -0.331. The molecule has 0 bridgehead atoms. The summed E-state index contributed by atoms with van der Waals surface area (Å²) in [5.74, 6) is 0. The molecule has 0 fully saturated rings. The Kier molecular flexibility index (Phi) is 6.43. The van der Waals surface area contributed by atoms with Crippen LogP contribution in [0.1, 0.15) is 55.6 Å². The van der Waals surface area contributed by atoms with Gasteiger partial charge in [0.2, 0.25) is 0 Å². The normalized spacial score (nSPS) is 14.9. The highest BCUT2D eigenvalue weighted by Gasteiger charge is 2.53. The van der Waals surface area contributed by atoms with Gasteiger partial charge in [0.15, 0.2) is 0 Å². The molecule has 290 valence electrons. The van der Waals surface area contributed by atoms with Crippen LogP contribution in [0.3, 0.4) is 0 Å². The van der Waals surface area contributed by atoms with Crippen LogP contribution in [-0.2, 0) is 17.3 Å². The first-order valence-electron chi connectivity index (χ1n) is 22.4. The van der Waals surface area contributed by atoms with E-state index in [4.69, 9.17) is 0 Å². The summed E-state index contributed by atoms with van der Waals surface area (Å²) in [6.07, 6.45) is 0.897. The maximum atomic E-state index is 2.50. The van der Waals surface area contributed by atoms with E-state index in [1.807, 2.05) is 0 Å². The van der Waals surface area contributed by atoms with E-state index >= 15 is 0 Å². The molecule has 0 aromatic heterocycles. The first-order chi connectivity index (χ1) is 31.3. The van der Waals surface area contributed by atoms with Crippen molar-refractivity contribution in [3.63, 3.8) is 0 Å². The van der Waals surface area contributed by atoms with Gasteiger partial charge in [-0.2, -0.15) is 0 Å². The van der Waals surface area contributed by atoms with Crippen LogP contribution >= 0.6 is 0 Å². The molecule has 0 radical (unpaired) electrons. The minimum absolute atomic E-state index is 0.331. The summed E-state index contributed by atoms with van der Waals surface area (Å²) in [6, 6.07) is 83.2. The monoisotopic (exact) mass is 794 g/mol. The number of rotatable bonds is 2. The summed E-state index contributed by atoms with van der Waals surface area (Å²) in [5, 5.41) is 0. The maximum Gasteiger partial charge on any atom is 0.0725 e. The Bertz CT molecular complexity index is 3340. The zero-order valence-corrected chi connectivity index (χ0v) is 34.5. The van der Waals surface area contributed by atoms with E-state index in [1.165, 1.54) is 134 Å². The lowest BCUT2D eigenvalue weighted by atomic mass is 9.70. The van der Waals surface area contributed by atoms with Crippen molar-refractivity contribution in [3.8, 4) is 77.9 Å². The molecule has 0 unspecified atom stereocenters. The number of hydrogen-bond donors (Lipinski definition) is 0. The Labute approximate surface area is 367 Å². The van der Waals surface area contributed by atoms with Crippen LogP contribution in [0.4, 0.5) is 0 Å². The topological polar surface area (TPSA) is 0 Å². The fourth-order valence-electron chi connectivity index (χ4n) is 13.3. The molecular weight excluding hydrogens is 757 g/mol. The lowest BCUT2D eigenvalue weighted by molar-refractivity contribution is 0.794. The molecule has 0 atom stereocenters. The quantitative estimate of drug-likeness (QED) is 0.164. The molecule has 5 aliphatic rings. The van der Waals surface area contributed by atoms with Crippen molar-refractivity contribution in [2.45, 2.75) is 17.3 Å². The van der Waals surface area contributed by atoms with E-state index in [1.54, 1.807) is 0 Å². The van der Waals surface area contributed by atoms with E-state index in [2.05, 4.69) is 218 Å². The van der Waals surface area contributed by atoms with Crippen molar-refractivity contribution >= 4 is 0 Å². The van der Waals surface area contributed by atoms with Crippen LogP contribution in [0.2, 0.25) is 0 Å². The Hall–Kier alpha value is -7.80. The van der Waals surface area contributed by atoms with Crippen molar-refractivity contribution in [3.05, 3.63) is 274 Å². The van der Waals surface area contributed by atoms with E-state index in [9.17, 15) is 0 Å².